The number of thiophene rings is 1. The zero-order chi connectivity index (χ0) is 11.4. The molecule has 1 heterocycles. The molecule has 0 unspecified atom stereocenters. The van der Waals surface area contributed by atoms with Gasteiger partial charge in [-0.15, -0.1) is 11.3 Å². The minimum atomic E-state index is 0.146. The lowest BCUT2D eigenvalue weighted by Crippen LogP contribution is -2.33. The summed E-state index contributed by atoms with van der Waals surface area (Å²) in [5.74, 6) is 0.146. The lowest BCUT2D eigenvalue weighted by Gasteiger charge is -2.12. The lowest BCUT2D eigenvalue weighted by atomic mass is 10.1. The maximum absolute atomic E-state index is 11.6. The van der Waals surface area contributed by atoms with Crippen LogP contribution in [0.4, 0.5) is 0 Å². The van der Waals surface area contributed by atoms with Crippen molar-refractivity contribution in [2.75, 3.05) is 13.1 Å². The van der Waals surface area contributed by atoms with Gasteiger partial charge in [-0.3, -0.25) is 4.79 Å². The lowest BCUT2D eigenvalue weighted by molar-refractivity contribution is -0.121. The molecule has 1 aliphatic carbocycles. The van der Waals surface area contributed by atoms with Gasteiger partial charge in [0.15, 0.2) is 0 Å². The third-order valence-corrected chi connectivity index (χ3v) is 4.17. The van der Waals surface area contributed by atoms with Crippen LogP contribution in [0.5, 0.6) is 0 Å². The van der Waals surface area contributed by atoms with Crippen molar-refractivity contribution in [3.8, 4) is 0 Å². The van der Waals surface area contributed by atoms with Gasteiger partial charge in [0.2, 0.25) is 5.91 Å². The molecule has 0 bridgehead atoms. The highest BCUT2D eigenvalue weighted by Gasteiger charge is 2.41. The standard InChI is InChI=1S/C12H18N2OS/c13-8-12(5-6-12)9-14-11(15)4-3-10-2-1-7-16-10/h1-2,7H,3-6,8-9,13H2,(H,14,15). The van der Waals surface area contributed by atoms with E-state index >= 15 is 0 Å². The van der Waals surface area contributed by atoms with Crippen molar-refractivity contribution >= 4 is 17.2 Å². The average molecular weight is 238 g/mol. The van der Waals surface area contributed by atoms with Crippen LogP contribution in [0.3, 0.4) is 0 Å². The zero-order valence-corrected chi connectivity index (χ0v) is 10.2. The van der Waals surface area contributed by atoms with E-state index in [1.807, 2.05) is 11.4 Å². The first-order valence-corrected chi connectivity index (χ1v) is 6.61. The van der Waals surface area contributed by atoms with Crippen LogP contribution in [0.25, 0.3) is 0 Å². The van der Waals surface area contributed by atoms with Crippen LogP contribution < -0.4 is 11.1 Å². The Hall–Kier alpha value is -0.870. The molecule has 1 aromatic heterocycles. The Kier molecular flexibility index (Phi) is 3.61. The van der Waals surface area contributed by atoms with E-state index in [2.05, 4.69) is 11.4 Å². The van der Waals surface area contributed by atoms with Crippen molar-refractivity contribution in [1.29, 1.82) is 0 Å². The minimum absolute atomic E-state index is 0.146. The van der Waals surface area contributed by atoms with Gasteiger partial charge in [-0.25, -0.2) is 0 Å². The van der Waals surface area contributed by atoms with E-state index < -0.39 is 0 Å². The fourth-order valence-corrected chi connectivity index (χ4v) is 2.40. The summed E-state index contributed by atoms with van der Waals surface area (Å²) in [4.78, 5) is 12.9. The maximum atomic E-state index is 11.6. The molecule has 1 aromatic rings. The van der Waals surface area contributed by atoms with Crippen LogP contribution in [0.1, 0.15) is 24.1 Å². The molecule has 0 saturated heterocycles. The van der Waals surface area contributed by atoms with Gasteiger partial charge >= 0.3 is 0 Å². The highest BCUT2D eigenvalue weighted by Crippen LogP contribution is 2.43. The number of nitrogens with one attached hydrogen (secondary N) is 1. The average Bonchev–Trinajstić information content (AvgIpc) is 2.90. The second-order valence-corrected chi connectivity index (χ2v) is 5.59. The number of nitrogens with two attached hydrogens (primary N) is 1. The first-order chi connectivity index (χ1) is 7.74. The molecule has 1 aliphatic rings. The summed E-state index contributed by atoms with van der Waals surface area (Å²) in [6.45, 7) is 1.45. The minimum Gasteiger partial charge on any atom is -0.355 e. The molecule has 0 radical (unpaired) electrons. The van der Waals surface area contributed by atoms with E-state index in [1.54, 1.807) is 11.3 Å². The van der Waals surface area contributed by atoms with E-state index in [-0.39, 0.29) is 11.3 Å². The molecule has 88 valence electrons. The molecule has 3 N–H and O–H groups in total. The van der Waals surface area contributed by atoms with E-state index in [4.69, 9.17) is 5.73 Å². The van der Waals surface area contributed by atoms with Gasteiger partial charge in [0.1, 0.15) is 0 Å². The third-order valence-electron chi connectivity index (χ3n) is 3.23. The van der Waals surface area contributed by atoms with Crippen molar-refractivity contribution in [3.63, 3.8) is 0 Å². The van der Waals surface area contributed by atoms with Gasteiger partial charge in [0, 0.05) is 17.8 Å². The maximum Gasteiger partial charge on any atom is 0.220 e. The summed E-state index contributed by atoms with van der Waals surface area (Å²) >= 11 is 1.71. The zero-order valence-electron chi connectivity index (χ0n) is 9.37. The van der Waals surface area contributed by atoms with Crippen LogP contribution >= 0.6 is 11.3 Å². The van der Waals surface area contributed by atoms with Crippen LogP contribution in [-0.4, -0.2) is 19.0 Å². The summed E-state index contributed by atoms with van der Waals surface area (Å²) in [5.41, 5.74) is 5.89. The van der Waals surface area contributed by atoms with Gasteiger partial charge in [0.05, 0.1) is 0 Å². The summed E-state index contributed by atoms with van der Waals surface area (Å²) < 4.78 is 0. The summed E-state index contributed by atoms with van der Waals surface area (Å²) in [6.07, 6.45) is 3.75. The Labute approximate surface area is 100 Å². The van der Waals surface area contributed by atoms with Gasteiger partial charge in [-0.1, -0.05) is 6.07 Å². The van der Waals surface area contributed by atoms with Gasteiger partial charge in [-0.2, -0.15) is 0 Å². The Morgan fingerprint density at radius 3 is 2.94 bits per heavy atom. The first-order valence-electron chi connectivity index (χ1n) is 5.73. The molecular weight excluding hydrogens is 220 g/mol. The quantitative estimate of drug-likeness (QED) is 0.790. The van der Waals surface area contributed by atoms with Gasteiger partial charge < -0.3 is 11.1 Å². The van der Waals surface area contributed by atoms with E-state index in [9.17, 15) is 4.79 Å². The predicted octanol–water partition coefficient (Wildman–Crippen LogP) is 1.54. The van der Waals surface area contributed by atoms with E-state index in [0.29, 0.717) is 13.0 Å². The molecule has 0 atom stereocenters. The molecule has 0 spiro atoms. The normalized spacial score (nSPS) is 17.1. The SMILES string of the molecule is NCC1(CNC(=O)CCc2cccs2)CC1. The number of hydrogen-bond donors (Lipinski definition) is 2. The second kappa shape index (κ2) is 4.97. The second-order valence-electron chi connectivity index (χ2n) is 4.56. The molecular formula is C12H18N2OS. The highest BCUT2D eigenvalue weighted by molar-refractivity contribution is 7.09. The molecule has 0 aliphatic heterocycles. The van der Waals surface area contributed by atoms with E-state index in [0.717, 1.165) is 25.8 Å². The van der Waals surface area contributed by atoms with Crippen molar-refractivity contribution < 1.29 is 4.79 Å². The fraction of sp³-hybridized carbons (Fsp3) is 0.583. The molecule has 1 fully saturated rings. The van der Waals surface area contributed by atoms with Crippen molar-refractivity contribution in [3.05, 3.63) is 22.4 Å². The Bertz CT molecular complexity index is 344. The Morgan fingerprint density at radius 1 is 1.56 bits per heavy atom. The summed E-state index contributed by atoms with van der Waals surface area (Å²) in [7, 11) is 0. The number of rotatable bonds is 6. The molecule has 1 saturated carbocycles. The number of carbonyl (C=O) groups is 1. The summed E-state index contributed by atoms with van der Waals surface area (Å²) in [6, 6.07) is 4.09. The largest absolute Gasteiger partial charge is 0.355 e. The smallest absolute Gasteiger partial charge is 0.220 e. The Morgan fingerprint density at radius 2 is 2.38 bits per heavy atom. The molecule has 4 heteroatoms. The monoisotopic (exact) mass is 238 g/mol. The van der Waals surface area contributed by atoms with Gasteiger partial charge in [-0.05, 0) is 42.7 Å². The summed E-state index contributed by atoms with van der Waals surface area (Å²) in [5, 5.41) is 5.03. The number of amides is 1. The number of hydrogen-bond acceptors (Lipinski definition) is 3. The van der Waals surface area contributed by atoms with Crippen molar-refractivity contribution in [2.24, 2.45) is 11.1 Å². The van der Waals surface area contributed by atoms with Crippen LogP contribution in [0.2, 0.25) is 0 Å². The predicted molar refractivity (Wildman–Crippen MR) is 66.4 cm³/mol. The van der Waals surface area contributed by atoms with Gasteiger partial charge in [0.25, 0.3) is 0 Å². The number of aryl methyl sites for hydroxylation is 1. The fourth-order valence-electron chi connectivity index (χ4n) is 1.70. The number of carbonyl (C=O) groups excluding carboxylic acids is 1. The molecule has 3 nitrogen and oxygen atoms in total. The van der Waals surface area contributed by atoms with Crippen molar-refractivity contribution in [1.82, 2.24) is 5.32 Å². The third kappa shape index (κ3) is 3.06. The molecule has 0 aromatic carbocycles. The topological polar surface area (TPSA) is 55.1 Å². The molecule has 1 amide bonds. The van der Waals surface area contributed by atoms with Crippen LogP contribution in [-0.2, 0) is 11.2 Å². The van der Waals surface area contributed by atoms with Crippen molar-refractivity contribution in [2.45, 2.75) is 25.7 Å². The molecule has 2 rings (SSSR count). The van der Waals surface area contributed by atoms with Crippen LogP contribution in [0, 0.1) is 5.41 Å². The van der Waals surface area contributed by atoms with Crippen LogP contribution in [0.15, 0.2) is 17.5 Å². The highest BCUT2D eigenvalue weighted by atomic mass is 32.1. The molecule has 16 heavy (non-hydrogen) atoms. The Balaban J connectivity index is 1.65. The first kappa shape index (κ1) is 11.6. The van der Waals surface area contributed by atoms with E-state index in [1.165, 1.54) is 4.88 Å².